The van der Waals surface area contributed by atoms with Crippen LogP contribution in [0, 0.1) is 11.3 Å². The minimum atomic E-state index is 0.443. The minimum absolute atomic E-state index is 0.443. The first-order valence-corrected chi connectivity index (χ1v) is 7.04. The number of unbranched alkanes of at least 4 members (excludes halogenated alkanes) is 1. The van der Waals surface area contributed by atoms with Gasteiger partial charge in [-0.2, -0.15) is 10.4 Å². The molecule has 0 amide bonds. The summed E-state index contributed by atoms with van der Waals surface area (Å²) in [6.07, 6.45) is 8.28. The Labute approximate surface area is 109 Å². The van der Waals surface area contributed by atoms with Crippen molar-refractivity contribution in [2.24, 2.45) is 0 Å². The summed E-state index contributed by atoms with van der Waals surface area (Å²) in [5.41, 5.74) is 7.61. The molecule has 0 radical (unpaired) electrons. The zero-order valence-corrected chi connectivity index (χ0v) is 11.2. The lowest BCUT2D eigenvalue weighted by Gasteiger charge is -2.19. The number of nitrogens with zero attached hydrogens (tertiary/aromatic N) is 3. The summed E-state index contributed by atoms with van der Waals surface area (Å²) in [4.78, 5) is 0. The smallest absolute Gasteiger partial charge is 0.140 e. The van der Waals surface area contributed by atoms with E-state index in [0.29, 0.717) is 17.3 Å². The van der Waals surface area contributed by atoms with E-state index in [1.54, 1.807) is 0 Å². The Hall–Kier alpha value is -1.50. The molecule has 18 heavy (non-hydrogen) atoms. The molecule has 4 nitrogen and oxygen atoms in total. The Kier molecular flexibility index (Phi) is 4.24. The summed E-state index contributed by atoms with van der Waals surface area (Å²) in [7, 11) is 0. The summed E-state index contributed by atoms with van der Waals surface area (Å²) in [6.45, 7) is 2.97. The van der Waals surface area contributed by atoms with E-state index in [9.17, 15) is 5.26 Å². The highest BCUT2D eigenvalue weighted by Gasteiger charge is 2.24. The van der Waals surface area contributed by atoms with Gasteiger partial charge in [0.2, 0.25) is 0 Å². The first-order chi connectivity index (χ1) is 8.77. The van der Waals surface area contributed by atoms with Gasteiger partial charge < -0.3 is 5.73 Å². The fraction of sp³-hybridized carbons (Fsp3) is 0.714. The molecule has 0 spiro atoms. The quantitative estimate of drug-likeness (QED) is 0.887. The van der Waals surface area contributed by atoms with E-state index in [0.717, 1.165) is 37.9 Å². The molecule has 98 valence electrons. The van der Waals surface area contributed by atoms with Gasteiger partial charge in [0.1, 0.15) is 17.5 Å². The Morgan fingerprint density at radius 1 is 1.39 bits per heavy atom. The van der Waals surface area contributed by atoms with Crippen molar-refractivity contribution in [2.75, 3.05) is 5.73 Å². The fourth-order valence-corrected chi connectivity index (χ4v) is 2.75. The molecular weight excluding hydrogens is 224 g/mol. The van der Waals surface area contributed by atoms with Crippen LogP contribution < -0.4 is 5.73 Å². The van der Waals surface area contributed by atoms with E-state index >= 15 is 0 Å². The molecule has 4 heteroatoms. The van der Waals surface area contributed by atoms with Gasteiger partial charge in [0, 0.05) is 12.5 Å². The summed E-state index contributed by atoms with van der Waals surface area (Å²) in [5.74, 6) is 1.00. The van der Waals surface area contributed by atoms with Gasteiger partial charge in [-0.3, -0.25) is 0 Å². The fourth-order valence-electron chi connectivity index (χ4n) is 2.75. The number of aromatic nitrogens is 2. The van der Waals surface area contributed by atoms with E-state index in [2.05, 4.69) is 18.1 Å². The van der Waals surface area contributed by atoms with Crippen LogP contribution in [0.2, 0.25) is 0 Å². The van der Waals surface area contributed by atoms with Crippen LogP contribution in [0.3, 0.4) is 0 Å². The zero-order valence-electron chi connectivity index (χ0n) is 11.2. The van der Waals surface area contributed by atoms with Crippen LogP contribution >= 0.6 is 0 Å². The molecule has 1 aromatic heterocycles. The second-order valence-electron chi connectivity index (χ2n) is 5.17. The predicted molar refractivity (Wildman–Crippen MR) is 72.1 cm³/mol. The van der Waals surface area contributed by atoms with E-state index in [-0.39, 0.29) is 0 Å². The van der Waals surface area contributed by atoms with Crippen molar-refractivity contribution in [1.82, 2.24) is 9.78 Å². The van der Waals surface area contributed by atoms with Gasteiger partial charge in [0.15, 0.2) is 0 Å². The lowest BCUT2D eigenvalue weighted by Crippen LogP contribution is -2.08. The Bertz CT molecular complexity index is 435. The largest absolute Gasteiger partial charge is 0.383 e. The highest BCUT2D eigenvalue weighted by Crippen LogP contribution is 2.35. The van der Waals surface area contributed by atoms with Crippen LogP contribution in [0.4, 0.5) is 5.82 Å². The lowest BCUT2D eigenvalue weighted by atomic mass is 9.85. The molecule has 0 aliphatic heterocycles. The van der Waals surface area contributed by atoms with Gasteiger partial charge in [0.05, 0.1) is 5.69 Å². The maximum absolute atomic E-state index is 9.29. The van der Waals surface area contributed by atoms with Crippen molar-refractivity contribution >= 4 is 5.82 Å². The molecule has 1 aliphatic carbocycles. The molecule has 2 N–H and O–H groups in total. The molecule has 1 saturated carbocycles. The Morgan fingerprint density at radius 3 is 2.72 bits per heavy atom. The van der Waals surface area contributed by atoms with Gasteiger partial charge in [-0.15, -0.1) is 0 Å². The number of nitrogens with two attached hydrogens (primary N) is 1. The Morgan fingerprint density at radius 2 is 2.11 bits per heavy atom. The minimum Gasteiger partial charge on any atom is -0.383 e. The number of aryl methyl sites for hydroxylation is 1. The van der Waals surface area contributed by atoms with E-state index in [1.807, 2.05) is 4.68 Å². The molecule has 0 aromatic carbocycles. The third-order valence-corrected chi connectivity index (χ3v) is 3.85. The molecule has 1 fully saturated rings. The van der Waals surface area contributed by atoms with Gasteiger partial charge in [-0.05, 0) is 19.3 Å². The number of nitrogen functional groups attached to an aromatic ring is 1. The number of hydrogen-bond acceptors (Lipinski definition) is 3. The maximum atomic E-state index is 9.29. The number of rotatable bonds is 4. The molecule has 0 bridgehead atoms. The highest BCUT2D eigenvalue weighted by atomic mass is 15.3. The van der Waals surface area contributed by atoms with Crippen LogP contribution in [0.15, 0.2) is 0 Å². The molecule has 2 rings (SSSR count). The van der Waals surface area contributed by atoms with E-state index in [4.69, 9.17) is 5.73 Å². The van der Waals surface area contributed by atoms with Crippen molar-refractivity contribution in [1.29, 1.82) is 5.26 Å². The highest BCUT2D eigenvalue weighted by molar-refractivity contribution is 5.53. The van der Waals surface area contributed by atoms with Crippen LogP contribution in [0.25, 0.3) is 0 Å². The average molecular weight is 246 g/mol. The van der Waals surface area contributed by atoms with Crippen LogP contribution in [-0.2, 0) is 6.54 Å². The maximum Gasteiger partial charge on any atom is 0.140 e. The van der Waals surface area contributed by atoms with Crippen molar-refractivity contribution in [3.8, 4) is 6.07 Å². The molecule has 1 heterocycles. The lowest BCUT2D eigenvalue weighted by molar-refractivity contribution is 0.430. The van der Waals surface area contributed by atoms with Crippen molar-refractivity contribution in [3.05, 3.63) is 11.3 Å². The summed E-state index contributed by atoms with van der Waals surface area (Å²) < 4.78 is 1.83. The summed E-state index contributed by atoms with van der Waals surface area (Å²) in [5, 5.41) is 13.9. The predicted octanol–water partition coefficient (Wildman–Crippen LogP) is 3.18. The van der Waals surface area contributed by atoms with Crippen molar-refractivity contribution < 1.29 is 0 Å². The monoisotopic (exact) mass is 246 g/mol. The van der Waals surface area contributed by atoms with Crippen LogP contribution in [0.5, 0.6) is 0 Å². The number of hydrogen-bond donors (Lipinski definition) is 1. The van der Waals surface area contributed by atoms with Gasteiger partial charge >= 0.3 is 0 Å². The van der Waals surface area contributed by atoms with Gasteiger partial charge in [0.25, 0.3) is 0 Å². The molecule has 0 saturated heterocycles. The molecule has 0 unspecified atom stereocenters. The number of anilines is 1. The second-order valence-corrected chi connectivity index (χ2v) is 5.17. The van der Waals surface area contributed by atoms with Crippen LogP contribution in [0.1, 0.15) is 69.0 Å². The first-order valence-electron chi connectivity index (χ1n) is 7.04. The zero-order chi connectivity index (χ0) is 13.0. The Balaban J connectivity index is 2.25. The SMILES string of the molecule is CCCCn1nc(C2CCCCC2)c(C#N)c1N. The third kappa shape index (κ3) is 2.50. The van der Waals surface area contributed by atoms with Gasteiger partial charge in [-0.25, -0.2) is 4.68 Å². The first kappa shape index (κ1) is 12.9. The van der Waals surface area contributed by atoms with Crippen LogP contribution in [-0.4, -0.2) is 9.78 Å². The molecule has 0 atom stereocenters. The molecule has 1 aromatic rings. The van der Waals surface area contributed by atoms with Gasteiger partial charge in [-0.1, -0.05) is 32.6 Å². The third-order valence-electron chi connectivity index (χ3n) is 3.85. The van der Waals surface area contributed by atoms with E-state index < -0.39 is 0 Å². The summed E-state index contributed by atoms with van der Waals surface area (Å²) >= 11 is 0. The van der Waals surface area contributed by atoms with Crippen molar-refractivity contribution in [3.63, 3.8) is 0 Å². The normalized spacial score (nSPS) is 16.7. The van der Waals surface area contributed by atoms with E-state index in [1.165, 1.54) is 19.3 Å². The average Bonchev–Trinajstić information content (AvgIpc) is 2.74. The topological polar surface area (TPSA) is 67.6 Å². The van der Waals surface area contributed by atoms with Crippen molar-refractivity contribution in [2.45, 2.75) is 64.3 Å². The second kappa shape index (κ2) is 5.90. The standard InChI is InChI=1S/C14H22N4/c1-2-3-9-18-14(16)12(10-15)13(17-18)11-7-5-4-6-8-11/h11H,2-9,16H2,1H3. The molecular formula is C14H22N4. The molecule has 1 aliphatic rings. The number of nitriles is 1. The summed E-state index contributed by atoms with van der Waals surface area (Å²) in [6, 6.07) is 2.25.